The van der Waals surface area contributed by atoms with Crippen molar-refractivity contribution in [1.29, 1.82) is 5.26 Å². The van der Waals surface area contributed by atoms with E-state index in [0.29, 0.717) is 12.3 Å². The number of nitrogens with zero attached hydrogens (tertiary/aromatic N) is 3. The zero-order chi connectivity index (χ0) is 14.4. The number of hydrogen-bond donors (Lipinski definition) is 2. The number of pyridine rings is 1. The van der Waals surface area contributed by atoms with Gasteiger partial charge in [-0.25, -0.2) is 4.98 Å². The first kappa shape index (κ1) is 14.9. The predicted octanol–water partition coefficient (Wildman–Crippen LogP) is 1.68. The number of nitro groups is 1. The van der Waals surface area contributed by atoms with E-state index in [9.17, 15) is 15.2 Å². The van der Waals surface area contributed by atoms with Crippen molar-refractivity contribution >= 4 is 11.5 Å². The lowest BCUT2D eigenvalue weighted by atomic mass is 10.0. The SMILES string of the molecule is CC(C)CC(CO)Nc1nccc(C#N)c1[N+](=O)[O-]. The molecule has 1 atom stereocenters. The van der Waals surface area contributed by atoms with Crippen molar-refractivity contribution in [3.8, 4) is 6.07 Å². The normalized spacial score (nSPS) is 11.9. The Morgan fingerprint density at radius 2 is 2.32 bits per heavy atom. The van der Waals surface area contributed by atoms with Crippen molar-refractivity contribution in [3.05, 3.63) is 27.9 Å². The maximum Gasteiger partial charge on any atom is 0.328 e. The molecule has 0 amide bonds. The summed E-state index contributed by atoms with van der Waals surface area (Å²) in [5, 5.41) is 32.0. The maximum absolute atomic E-state index is 11.0. The highest BCUT2D eigenvalue weighted by Gasteiger charge is 2.23. The first-order valence-electron chi connectivity index (χ1n) is 5.90. The molecule has 1 unspecified atom stereocenters. The largest absolute Gasteiger partial charge is 0.394 e. The van der Waals surface area contributed by atoms with Gasteiger partial charge in [0.25, 0.3) is 0 Å². The molecule has 2 N–H and O–H groups in total. The van der Waals surface area contributed by atoms with Crippen LogP contribution >= 0.6 is 0 Å². The molecule has 102 valence electrons. The Balaban J connectivity index is 3.06. The van der Waals surface area contributed by atoms with Gasteiger partial charge in [-0.05, 0) is 18.4 Å². The third-order valence-corrected chi connectivity index (χ3v) is 2.54. The van der Waals surface area contributed by atoms with Crippen LogP contribution in [0.25, 0.3) is 0 Å². The zero-order valence-corrected chi connectivity index (χ0v) is 10.8. The number of hydrogen-bond acceptors (Lipinski definition) is 6. The number of rotatable bonds is 6. The van der Waals surface area contributed by atoms with Gasteiger partial charge in [-0.2, -0.15) is 5.26 Å². The van der Waals surface area contributed by atoms with Crippen LogP contribution in [0.1, 0.15) is 25.8 Å². The summed E-state index contributed by atoms with van der Waals surface area (Å²) in [4.78, 5) is 14.3. The number of aliphatic hydroxyl groups is 1. The number of nitriles is 1. The van der Waals surface area contributed by atoms with E-state index >= 15 is 0 Å². The monoisotopic (exact) mass is 264 g/mol. The second-order valence-electron chi connectivity index (χ2n) is 4.58. The van der Waals surface area contributed by atoms with Crippen LogP contribution in [0, 0.1) is 27.4 Å². The van der Waals surface area contributed by atoms with E-state index in [1.165, 1.54) is 12.3 Å². The van der Waals surface area contributed by atoms with E-state index in [4.69, 9.17) is 5.26 Å². The van der Waals surface area contributed by atoms with Crippen LogP contribution in [0.4, 0.5) is 11.5 Å². The Hall–Kier alpha value is -2.20. The summed E-state index contributed by atoms with van der Waals surface area (Å²) in [6.45, 7) is 3.81. The highest BCUT2D eigenvalue weighted by molar-refractivity contribution is 5.64. The Morgan fingerprint density at radius 3 is 2.79 bits per heavy atom. The summed E-state index contributed by atoms with van der Waals surface area (Å²) in [6, 6.07) is 2.72. The fraction of sp³-hybridized carbons (Fsp3) is 0.500. The lowest BCUT2D eigenvalue weighted by molar-refractivity contribution is -0.384. The smallest absolute Gasteiger partial charge is 0.328 e. The molecule has 0 bridgehead atoms. The molecule has 1 rings (SSSR count). The second kappa shape index (κ2) is 6.66. The summed E-state index contributed by atoms with van der Waals surface area (Å²) in [5.41, 5.74) is -0.407. The minimum atomic E-state index is -0.641. The van der Waals surface area contributed by atoms with Gasteiger partial charge in [-0.3, -0.25) is 10.1 Å². The Kier molecular flexibility index (Phi) is 5.21. The topological polar surface area (TPSA) is 112 Å². The quantitative estimate of drug-likeness (QED) is 0.597. The number of aliphatic hydroxyl groups excluding tert-OH is 1. The van der Waals surface area contributed by atoms with E-state index in [0.717, 1.165) is 0 Å². The minimum Gasteiger partial charge on any atom is -0.394 e. The average molecular weight is 264 g/mol. The fourth-order valence-electron chi connectivity index (χ4n) is 1.78. The van der Waals surface area contributed by atoms with E-state index in [2.05, 4.69) is 10.3 Å². The predicted molar refractivity (Wildman–Crippen MR) is 69.6 cm³/mol. The second-order valence-corrected chi connectivity index (χ2v) is 4.58. The summed E-state index contributed by atoms with van der Waals surface area (Å²) in [5.74, 6) is 0.339. The third kappa shape index (κ3) is 3.89. The van der Waals surface area contributed by atoms with Gasteiger partial charge in [0, 0.05) is 6.20 Å². The fourth-order valence-corrected chi connectivity index (χ4v) is 1.78. The molecular weight excluding hydrogens is 248 g/mol. The van der Waals surface area contributed by atoms with Gasteiger partial charge in [0.2, 0.25) is 5.82 Å². The standard InChI is InChI=1S/C12H16N4O3/c1-8(2)5-10(7-17)15-12-11(16(18)19)9(6-13)3-4-14-12/h3-4,8,10,17H,5,7H2,1-2H3,(H,14,15). The zero-order valence-electron chi connectivity index (χ0n) is 10.8. The van der Waals surface area contributed by atoms with Crippen LogP contribution in [0.3, 0.4) is 0 Å². The van der Waals surface area contributed by atoms with Gasteiger partial charge in [0.05, 0.1) is 17.6 Å². The molecule has 0 aromatic carbocycles. The number of aromatic nitrogens is 1. The van der Waals surface area contributed by atoms with Crippen LogP contribution in [0.15, 0.2) is 12.3 Å². The molecule has 0 radical (unpaired) electrons. The third-order valence-electron chi connectivity index (χ3n) is 2.54. The number of nitrogens with one attached hydrogen (secondary N) is 1. The molecule has 0 saturated carbocycles. The van der Waals surface area contributed by atoms with Gasteiger partial charge >= 0.3 is 5.69 Å². The number of anilines is 1. The molecule has 0 fully saturated rings. The minimum absolute atomic E-state index is 0.0174. The van der Waals surface area contributed by atoms with Gasteiger partial charge in [0.1, 0.15) is 11.6 Å². The molecule has 0 aliphatic carbocycles. The van der Waals surface area contributed by atoms with Gasteiger partial charge in [-0.15, -0.1) is 0 Å². The molecule has 0 saturated heterocycles. The highest BCUT2D eigenvalue weighted by Crippen LogP contribution is 2.26. The van der Waals surface area contributed by atoms with E-state index in [1.54, 1.807) is 6.07 Å². The van der Waals surface area contributed by atoms with E-state index < -0.39 is 4.92 Å². The molecule has 1 heterocycles. The molecule has 0 aliphatic rings. The first-order chi connectivity index (χ1) is 8.99. The van der Waals surface area contributed by atoms with Gasteiger partial charge in [-0.1, -0.05) is 13.8 Å². The Morgan fingerprint density at radius 1 is 1.63 bits per heavy atom. The van der Waals surface area contributed by atoms with Crippen molar-refractivity contribution in [1.82, 2.24) is 4.98 Å². The van der Waals surface area contributed by atoms with Crippen LogP contribution < -0.4 is 5.32 Å². The summed E-state index contributed by atoms with van der Waals surface area (Å²) in [7, 11) is 0. The van der Waals surface area contributed by atoms with E-state index in [1.807, 2.05) is 13.8 Å². The highest BCUT2D eigenvalue weighted by atomic mass is 16.6. The lowest BCUT2D eigenvalue weighted by Gasteiger charge is -2.18. The maximum atomic E-state index is 11.0. The molecule has 19 heavy (non-hydrogen) atoms. The van der Waals surface area contributed by atoms with Crippen LogP contribution in [-0.2, 0) is 0 Å². The van der Waals surface area contributed by atoms with Crippen LogP contribution in [-0.4, -0.2) is 27.7 Å². The van der Waals surface area contributed by atoms with Crippen LogP contribution in [0.2, 0.25) is 0 Å². The molecule has 7 heteroatoms. The summed E-state index contributed by atoms with van der Waals surface area (Å²) in [6.07, 6.45) is 1.98. The van der Waals surface area contributed by atoms with Crippen molar-refractivity contribution in [2.75, 3.05) is 11.9 Å². The molecule has 1 aromatic heterocycles. The van der Waals surface area contributed by atoms with Crippen molar-refractivity contribution in [2.45, 2.75) is 26.3 Å². The Labute approximate surface area is 111 Å². The molecule has 1 aromatic rings. The van der Waals surface area contributed by atoms with Crippen molar-refractivity contribution in [2.24, 2.45) is 5.92 Å². The lowest BCUT2D eigenvalue weighted by Crippen LogP contribution is -2.26. The molecule has 7 nitrogen and oxygen atoms in total. The average Bonchev–Trinajstić information content (AvgIpc) is 2.36. The first-order valence-corrected chi connectivity index (χ1v) is 5.90. The molecule has 0 spiro atoms. The molecule has 0 aliphatic heterocycles. The van der Waals surface area contributed by atoms with Gasteiger partial charge in [0.15, 0.2) is 0 Å². The van der Waals surface area contributed by atoms with Gasteiger partial charge < -0.3 is 10.4 Å². The molecular formula is C12H16N4O3. The van der Waals surface area contributed by atoms with Crippen molar-refractivity contribution in [3.63, 3.8) is 0 Å². The van der Waals surface area contributed by atoms with Crippen LogP contribution in [0.5, 0.6) is 0 Å². The Bertz CT molecular complexity index is 496. The summed E-state index contributed by atoms with van der Waals surface area (Å²) < 4.78 is 0. The van der Waals surface area contributed by atoms with E-state index in [-0.39, 0.29) is 29.7 Å². The van der Waals surface area contributed by atoms with Crippen molar-refractivity contribution < 1.29 is 10.0 Å². The summed E-state index contributed by atoms with van der Waals surface area (Å²) >= 11 is 0.